The monoisotopic (exact) mass is 381 g/mol. The zero-order valence-electron chi connectivity index (χ0n) is 12.2. The molecule has 0 unspecified atom stereocenters. The molecule has 0 saturated heterocycles. The first kappa shape index (κ1) is 15.1. The lowest BCUT2D eigenvalue weighted by molar-refractivity contribution is 0.401. The van der Waals surface area contributed by atoms with E-state index in [-0.39, 0.29) is 5.56 Å². The number of nitrogens with zero attached hydrogens (tertiary/aromatic N) is 3. The Morgan fingerprint density at radius 2 is 2.00 bits per heavy atom. The first-order chi connectivity index (χ1) is 10.5. The molecular weight excluding hydrogens is 370 g/mol. The molecule has 3 aromatic rings. The van der Waals surface area contributed by atoms with Crippen molar-refractivity contribution in [2.75, 3.05) is 7.11 Å². The van der Waals surface area contributed by atoms with Crippen LogP contribution in [0.15, 0.2) is 33.7 Å². The van der Waals surface area contributed by atoms with Crippen molar-refractivity contribution >= 4 is 38.4 Å². The van der Waals surface area contributed by atoms with Crippen molar-refractivity contribution in [2.24, 2.45) is 7.05 Å². The molecule has 2 heterocycles. The van der Waals surface area contributed by atoms with Crippen LogP contribution in [0.1, 0.15) is 5.69 Å². The molecule has 0 spiro atoms. The summed E-state index contributed by atoms with van der Waals surface area (Å²) in [4.78, 5) is 12.6. The summed E-state index contributed by atoms with van der Waals surface area (Å²) in [5, 5.41) is 5.57. The molecule has 0 aliphatic heterocycles. The maximum atomic E-state index is 12.6. The molecule has 3 rings (SSSR count). The van der Waals surface area contributed by atoms with E-state index in [0.717, 1.165) is 10.9 Å². The second-order valence-corrected chi connectivity index (χ2v) is 5.98. The quantitative estimate of drug-likeness (QED) is 0.682. The van der Waals surface area contributed by atoms with Crippen LogP contribution >= 0.6 is 27.5 Å². The third-order valence-corrected chi connectivity index (χ3v) is 4.89. The number of ether oxygens (including phenoxy) is 1. The maximum absolute atomic E-state index is 12.6. The summed E-state index contributed by atoms with van der Waals surface area (Å²) in [5.41, 5.74) is 1.56. The van der Waals surface area contributed by atoms with Crippen LogP contribution in [0.2, 0.25) is 5.02 Å². The highest BCUT2D eigenvalue weighted by molar-refractivity contribution is 9.10. The van der Waals surface area contributed by atoms with Crippen LogP contribution in [0.3, 0.4) is 0 Å². The van der Waals surface area contributed by atoms with Crippen molar-refractivity contribution in [1.82, 2.24) is 14.3 Å². The minimum atomic E-state index is -0.263. The molecule has 5 nitrogen and oxygen atoms in total. The molecular formula is C15H13BrClN3O2. The van der Waals surface area contributed by atoms with Gasteiger partial charge in [-0.2, -0.15) is 5.10 Å². The van der Waals surface area contributed by atoms with Crippen LogP contribution in [0.5, 0.6) is 5.75 Å². The topological polar surface area (TPSA) is 49.1 Å². The number of aryl methyl sites for hydroxylation is 2. The summed E-state index contributed by atoms with van der Waals surface area (Å²) in [6.07, 6.45) is 0. The number of hydrogen-bond acceptors (Lipinski definition) is 3. The molecule has 0 bridgehead atoms. The predicted molar refractivity (Wildman–Crippen MR) is 90.3 cm³/mol. The molecule has 0 saturated carbocycles. The number of para-hydroxylation sites is 1. The summed E-state index contributed by atoms with van der Waals surface area (Å²) < 4.78 is 9.08. The van der Waals surface area contributed by atoms with E-state index in [2.05, 4.69) is 21.0 Å². The molecule has 22 heavy (non-hydrogen) atoms. The first-order valence-corrected chi connectivity index (χ1v) is 7.71. The molecule has 0 fully saturated rings. The minimum absolute atomic E-state index is 0.263. The summed E-state index contributed by atoms with van der Waals surface area (Å²) in [5.74, 6) is 0.432. The van der Waals surface area contributed by atoms with Gasteiger partial charge in [-0.3, -0.25) is 9.36 Å². The number of rotatable bonds is 2. The lowest BCUT2D eigenvalue weighted by atomic mass is 10.2. The van der Waals surface area contributed by atoms with Crippen LogP contribution in [0.4, 0.5) is 0 Å². The fraction of sp³-hybridized carbons (Fsp3) is 0.200. The van der Waals surface area contributed by atoms with E-state index in [9.17, 15) is 4.79 Å². The standard InChI is InChI=1S/C15H13BrClN3O2/c1-8-13(22-3)12(15(21)19(2)18-8)20-10-7-5-4-6-9(10)11(17)14(20)16/h4-7H,1-3H3. The average molecular weight is 383 g/mol. The van der Waals surface area contributed by atoms with Gasteiger partial charge in [-0.1, -0.05) is 29.8 Å². The van der Waals surface area contributed by atoms with Gasteiger partial charge in [0.25, 0.3) is 5.56 Å². The second kappa shape index (κ2) is 5.44. The van der Waals surface area contributed by atoms with Crippen LogP contribution in [-0.4, -0.2) is 21.5 Å². The van der Waals surface area contributed by atoms with Gasteiger partial charge in [0.05, 0.1) is 17.6 Å². The van der Waals surface area contributed by atoms with E-state index in [1.165, 1.54) is 11.8 Å². The molecule has 0 amide bonds. The van der Waals surface area contributed by atoms with Crippen molar-refractivity contribution in [3.8, 4) is 11.4 Å². The van der Waals surface area contributed by atoms with Gasteiger partial charge in [0.15, 0.2) is 11.4 Å². The highest BCUT2D eigenvalue weighted by atomic mass is 79.9. The SMILES string of the molecule is COc1c(C)nn(C)c(=O)c1-n1c(Br)c(Cl)c2ccccc21. The number of hydrogen-bond donors (Lipinski definition) is 0. The second-order valence-electron chi connectivity index (χ2n) is 4.85. The molecule has 0 radical (unpaired) electrons. The first-order valence-electron chi connectivity index (χ1n) is 6.54. The van der Waals surface area contributed by atoms with Crippen molar-refractivity contribution in [3.63, 3.8) is 0 Å². The number of halogens is 2. The van der Waals surface area contributed by atoms with Gasteiger partial charge in [0.2, 0.25) is 0 Å². The molecule has 0 aliphatic rings. The Morgan fingerprint density at radius 1 is 1.32 bits per heavy atom. The Kier molecular flexibility index (Phi) is 3.74. The number of fused-ring (bicyclic) bond motifs is 1. The summed E-state index contributed by atoms with van der Waals surface area (Å²) in [6.45, 7) is 1.79. The minimum Gasteiger partial charge on any atom is -0.492 e. The van der Waals surface area contributed by atoms with Gasteiger partial charge >= 0.3 is 0 Å². The van der Waals surface area contributed by atoms with Crippen LogP contribution in [-0.2, 0) is 7.05 Å². The third kappa shape index (κ3) is 2.06. The zero-order valence-corrected chi connectivity index (χ0v) is 14.6. The highest BCUT2D eigenvalue weighted by Crippen LogP contribution is 2.38. The van der Waals surface area contributed by atoms with E-state index < -0.39 is 0 Å². The maximum Gasteiger partial charge on any atom is 0.294 e. The van der Waals surface area contributed by atoms with Crippen molar-refractivity contribution in [3.05, 3.63) is 49.9 Å². The number of benzene rings is 1. The van der Waals surface area contributed by atoms with Gasteiger partial charge < -0.3 is 4.74 Å². The normalized spacial score (nSPS) is 11.1. The van der Waals surface area contributed by atoms with Crippen molar-refractivity contribution < 1.29 is 4.74 Å². The Labute approximate surface area is 140 Å². The molecule has 114 valence electrons. The van der Waals surface area contributed by atoms with E-state index >= 15 is 0 Å². The highest BCUT2D eigenvalue weighted by Gasteiger charge is 2.22. The van der Waals surface area contributed by atoms with Gasteiger partial charge in [-0.05, 0) is 28.9 Å². The average Bonchev–Trinajstić information content (AvgIpc) is 2.75. The molecule has 0 aliphatic carbocycles. The Bertz CT molecular complexity index is 946. The van der Waals surface area contributed by atoms with Gasteiger partial charge in [-0.15, -0.1) is 0 Å². The van der Waals surface area contributed by atoms with Crippen LogP contribution in [0.25, 0.3) is 16.6 Å². The smallest absolute Gasteiger partial charge is 0.294 e. The Morgan fingerprint density at radius 3 is 2.68 bits per heavy atom. The van der Waals surface area contributed by atoms with Gasteiger partial charge in [0, 0.05) is 12.4 Å². The number of methoxy groups -OCH3 is 1. The Hall–Kier alpha value is -1.79. The summed E-state index contributed by atoms with van der Waals surface area (Å²) >= 11 is 9.87. The summed E-state index contributed by atoms with van der Waals surface area (Å²) in [7, 11) is 3.13. The zero-order chi connectivity index (χ0) is 16.0. The van der Waals surface area contributed by atoms with E-state index in [4.69, 9.17) is 16.3 Å². The molecule has 0 N–H and O–H groups in total. The van der Waals surface area contributed by atoms with E-state index in [1.54, 1.807) is 18.5 Å². The van der Waals surface area contributed by atoms with E-state index in [0.29, 0.717) is 26.8 Å². The van der Waals surface area contributed by atoms with Crippen LogP contribution in [0, 0.1) is 6.92 Å². The van der Waals surface area contributed by atoms with Crippen LogP contribution < -0.4 is 10.3 Å². The molecule has 7 heteroatoms. The van der Waals surface area contributed by atoms with Gasteiger partial charge in [-0.25, -0.2) is 4.68 Å². The summed E-state index contributed by atoms with van der Waals surface area (Å²) in [6, 6.07) is 7.61. The number of aromatic nitrogens is 3. The lowest BCUT2D eigenvalue weighted by Gasteiger charge is -2.14. The van der Waals surface area contributed by atoms with Gasteiger partial charge in [0.1, 0.15) is 10.3 Å². The molecule has 1 aromatic carbocycles. The fourth-order valence-electron chi connectivity index (χ4n) is 2.57. The predicted octanol–water partition coefficient (Wildman–Crippen LogP) is 3.46. The van der Waals surface area contributed by atoms with Crippen molar-refractivity contribution in [2.45, 2.75) is 6.92 Å². The van der Waals surface area contributed by atoms with Crippen molar-refractivity contribution in [1.29, 1.82) is 0 Å². The van der Waals surface area contributed by atoms with E-state index in [1.807, 2.05) is 24.3 Å². The Balaban J connectivity index is 2.53. The third-order valence-electron chi connectivity index (χ3n) is 3.53. The molecule has 0 atom stereocenters. The molecule has 2 aromatic heterocycles. The largest absolute Gasteiger partial charge is 0.492 e. The fourth-order valence-corrected chi connectivity index (χ4v) is 3.39. The lowest BCUT2D eigenvalue weighted by Crippen LogP contribution is -2.26.